The molecule has 0 bridgehead atoms. The third kappa shape index (κ3) is 6.10. The van der Waals surface area contributed by atoms with E-state index in [4.69, 9.17) is 17.0 Å². The van der Waals surface area contributed by atoms with Gasteiger partial charge in [0.05, 0.1) is 17.6 Å². The van der Waals surface area contributed by atoms with Crippen molar-refractivity contribution in [1.82, 2.24) is 9.80 Å². The van der Waals surface area contributed by atoms with E-state index in [1.54, 1.807) is 35.2 Å². The zero-order valence-corrected chi connectivity index (χ0v) is 21.1. The summed E-state index contributed by atoms with van der Waals surface area (Å²) in [7, 11) is 1.33. The number of carbonyl (C=O) groups is 3. The van der Waals surface area contributed by atoms with Gasteiger partial charge >= 0.3 is 5.97 Å². The highest BCUT2D eigenvalue weighted by atomic mass is 32.2. The summed E-state index contributed by atoms with van der Waals surface area (Å²) in [4.78, 5) is 43.4. The number of thioether (sulfide) groups is 1. The first-order valence-corrected chi connectivity index (χ1v) is 12.7. The number of esters is 1. The number of ether oxygens (including phenoxy) is 1. The first-order chi connectivity index (χ1) is 17.0. The first-order valence-electron chi connectivity index (χ1n) is 11.5. The van der Waals surface area contributed by atoms with Crippen LogP contribution >= 0.6 is 24.0 Å². The molecule has 0 unspecified atom stereocenters. The van der Waals surface area contributed by atoms with Gasteiger partial charge in [-0.15, -0.1) is 0 Å². The van der Waals surface area contributed by atoms with E-state index in [9.17, 15) is 14.4 Å². The van der Waals surface area contributed by atoms with Crippen LogP contribution in [0.15, 0.2) is 59.5 Å². The number of para-hydroxylation sites is 1. The minimum absolute atomic E-state index is 0.115. The van der Waals surface area contributed by atoms with Crippen LogP contribution in [0.2, 0.25) is 0 Å². The Morgan fingerprint density at radius 3 is 2.37 bits per heavy atom. The predicted molar refractivity (Wildman–Crippen MR) is 142 cm³/mol. The number of carbonyl (C=O) groups excluding carboxylic acids is 3. The third-order valence-electron chi connectivity index (χ3n) is 6.03. The molecule has 35 heavy (non-hydrogen) atoms. The van der Waals surface area contributed by atoms with Crippen molar-refractivity contribution in [2.75, 3.05) is 44.7 Å². The maximum absolute atomic E-state index is 12.9. The topological polar surface area (TPSA) is 70.2 Å². The fraction of sp³-hybridized carbons (Fsp3) is 0.308. The second kappa shape index (κ2) is 11.5. The monoisotopic (exact) mass is 509 g/mol. The smallest absolute Gasteiger partial charge is 0.337 e. The number of anilines is 1. The Kier molecular flexibility index (Phi) is 8.20. The molecule has 9 heteroatoms. The number of piperazine rings is 1. The molecule has 2 heterocycles. The Balaban J connectivity index is 1.25. The van der Waals surface area contributed by atoms with Crippen LogP contribution in [0, 0.1) is 0 Å². The average Bonchev–Trinajstić information content (AvgIpc) is 3.16. The van der Waals surface area contributed by atoms with Crippen LogP contribution in [0.1, 0.15) is 28.8 Å². The number of methoxy groups -OCH3 is 1. The maximum Gasteiger partial charge on any atom is 0.337 e. The molecular formula is C26H27N3O4S2. The molecule has 2 saturated heterocycles. The molecule has 7 nitrogen and oxygen atoms in total. The van der Waals surface area contributed by atoms with Gasteiger partial charge in [-0.3, -0.25) is 14.5 Å². The van der Waals surface area contributed by atoms with Gasteiger partial charge in [-0.05, 0) is 42.3 Å². The average molecular weight is 510 g/mol. The normalized spacial score (nSPS) is 17.3. The Morgan fingerprint density at radius 2 is 1.71 bits per heavy atom. The van der Waals surface area contributed by atoms with Gasteiger partial charge in [0, 0.05) is 44.8 Å². The highest BCUT2D eigenvalue weighted by molar-refractivity contribution is 8.26. The molecule has 2 fully saturated rings. The maximum atomic E-state index is 12.9. The lowest BCUT2D eigenvalue weighted by Gasteiger charge is -2.36. The van der Waals surface area contributed by atoms with E-state index in [-0.39, 0.29) is 11.8 Å². The van der Waals surface area contributed by atoms with Gasteiger partial charge in [-0.1, -0.05) is 54.3 Å². The molecular weight excluding hydrogens is 482 g/mol. The van der Waals surface area contributed by atoms with Crippen molar-refractivity contribution in [2.45, 2.75) is 12.8 Å². The van der Waals surface area contributed by atoms with Gasteiger partial charge in [0.15, 0.2) is 0 Å². The van der Waals surface area contributed by atoms with Crippen molar-refractivity contribution in [3.05, 3.63) is 70.6 Å². The summed E-state index contributed by atoms with van der Waals surface area (Å²) in [5.74, 6) is -0.444. The summed E-state index contributed by atoms with van der Waals surface area (Å²) in [5.41, 5.74) is 2.42. The van der Waals surface area contributed by atoms with Crippen LogP contribution in [0.4, 0.5) is 5.69 Å². The summed E-state index contributed by atoms with van der Waals surface area (Å²) < 4.78 is 5.20. The molecule has 2 aromatic rings. The number of hydrogen-bond donors (Lipinski definition) is 0. The highest BCUT2D eigenvalue weighted by Gasteiger charge is 2.32. The van der Waals surface area contributed by atoms with E-state index in [0.717, 1.165) is 18.7 Å². The number of amides is 2. The second-order valence-corrected chi connectivity index (χ2v) is 9.93. The largest absolute Gasteiger partial charge is 0.465 e. The molecule has 0 spiro atoms. The first kappa shape index (κ1) is 24.9. The molecule has 2 aromatic carbocycles. The molecule has 2 aliphatic rings. The number of benzene rings is 2. The van der Waals surface area contributed by atoms with E-state index in [1.165, 1.54) is 24.6 Å². The third-order valence-corrected chi connectivity index (χ3v) is 7.41. The van der Waals surface area contributed by atoms with Gasteiger partial charge in [-0.2, -0.15) is 0 Å². The molecule has 2 amide bonds. The van der Waals surface area contributed by atoms with Crippen LogP contribution in [0.3, 0.4) is 0 Å². The van der Waals surface area contributed by atoms with E-state index in [0.29, 0.717) is 47.3 Å². The minimum Gasteiger partial charge on any atom is -0.465 e. The van der Waals surface area contributed by atoms with Crippen molar-refractivity contribution in [3.63, 3.8) is 0 Å². The summed E-state index contributed by atoms with van der Waals surface area (Å²) >= 11 is 6.66. The standard InChI is InChI=1S/C26H27N3O4S2/c1-33-25(32)20-11-9-19(10-12-20)18-22-24(31)29(26(34)35-22)13-5-8-23(30)28-16-14-27(15-17-28)21-6-3-2-4-7-21/h2-4,6-7,9-12,18H,5,8,13-17H2,1H3. The number of rotatable bonds is 7. The summed E-state index contributed by atoms with van der Waals surface area (Å²) in [6.45, 7) is 3.45. The van der Waals surface area contributed by atoms with Crippen molar-refractivity contribution >= 4 is 57.8 Å². The minimum atomic E-state index is -0.407. The number of nitrogens with zero attached hydrogens (tertiary/aromatic N) is 3. The lowest BCUT2D eigenvalue weighted by atomic mass is 10.1. The molecule has 0 radical (unpaired) electrons. The Hall–Kier alpha value is -3.17. The summed E-state index contributed by atoms with van der Waals surface area (Å²) in [6.07, 6.45) is 2.71. The van der Waals surface area contributed by atoms with E-state index in [2.05, 4.69) is 17.0 Å². The number of hydrogen-bond acceptors (Lipinski definition) is 7. The second-order valence-electron chi connectivity index (χ2n) is 8.25. The fourth-order valence-corrected chi connectivity index (χ4v) is 5.39. The molecule has 2 aliphatic heterocycles. The van der Waals surface area contributed by atoms with Gasteiger partial charge in [0.2, 0.25) is 5.91 Å². The van der Waals surface area contributed by atoms with Crippen LogP contribution in [-0.4, -0.2) is 71.7 Å². The summed E-state index contributed by atoms with van der Waals surface area (Å²) in [6, 6.07) is 17.1. The van der Waals surface area contributed by atoms with Crippen molar-refractivity contribution in [3.8, 4) is 0 Å². The molecule has 0 aliphatic carbocycles. The molecule has 4 rings (SSSR count). The highest BCUT2D eigenvalue weighted by Crippen LogP contribution is 2.32. The quantitative estimate of drug-likeness (QED) is 0.319. The Morgan fingerprint density at radius 1 is 1.03 bits per heavy atom. The van der Waals surface area contributed by atoms with E-state index < -0.39 is 5.97 Å². The van der Waals surface area contributed by atoms with Crippen LogP contribution in [0.5, 0.6) is 0 Å². The van der Waals surface area contributed by atoms with Gasteiger partial charge in [-0.25, -0.2) is 4.79 Å². The zero-order valence-electron chi connectivity index (χ0n) is 19.5. The molecule has 182 valence electrons. The Bertz CT molecular complexity index is 1130. The summed E-state index contributed by atoms with van der Waals surface area (Å²) in [5, 5.41) is 0. The van der Waals surface area contributed by atoms with Crippen molar-refractivity contribution in [1.29, 1.82) is 0 Å². The van der Waals surface area contributed by atoms with Crippen LogP contribution in [0.25, 0.3) is 6.08 Å². The van der Waals surface area contributed by atoms with Gasteiger partial charge in [0.1, 0.15) is 4.32 Å². The SMILES string of the molecule is COC(=O)c1ccc(C=C2SC(=S)N(CCCC(=O)N3CCN(c4ccccc4)CC3)C2=O)cc1. The van der Waals surface area contributed by atoms with Crippen molar-refractivity contribution in [2.24, 2.45) is 0 Å². The molecule has 0 N–H and O–H groups in total. The number of thiocarbonyl (C=S) groups is 1. The van der Waals surface area contributed by atoms with Gasteiger partial charge in [0.25, 0.3) is 5.91 Å². The van der Waals surface area contributed by atoms with Gasteiger partial charge < -0.3 is 14.5 Å². The molecule has 0 saturated carbocycles. The van der Waals surface area contributed by atoms with Crippen molar-refractivity contribution < 1.29 is 19.1 Å². The Labute approximate surface area is 214 Å². The molecule has 0 atom stereocenters. The van der Waals surface area contributed by atoms with E-state index >= 15 is 0 Å². The lowest BCUT2D eigenvalue weighted by molar-refractivity contribution is -0.132. The molecule has 0 aromatic heterocycles. The zero-order chi connectivity index (χ0) is 24.8. The van der Waals surface area contributed by atoms with E-state index in [1.807, 2.05) is 23.1 Å². The van der Waals surface area contributed by atoms with Crippen LogP contribution in [-0.2, 0) is 14.3 Å². The fourth-order valence-electron chi connectivity index (χ4n) is 4.08. The predicted octanol–water partition coefficient (Wildman–Crippen LogP) is 3.80. The lowest BCUT2D eigenvalue weighted by Crippen LogP contribution is -2.48. The van der Waals surface area contributed by atoms with Crippen LogP contribution < -0.4 is 4.90 Å².